The van der Waals surface area contributed by atoms with Crippen LogP contribution in [0.2, 0.25) is 0 Å². The number of carboxylic acid groups (broad SMARTS) is 1. The van der Waals surface area contributed by atoms with Crippen LogP contribution in [0.4, 0.5) is 5.69 Å². The van der Waals surface area contributed by atoms with E-state index in [9.17, 15) is 9.90 Å². The topological polar surface area (TPSA) is 111 Å². The van der Waals surface area contributed by atoms with Gasteiger partial charge < -0.3 is 30.4 Å². The van der Waals surface area contributed by atoms with Crippen molar-refractivity contribution in [3.63, 3.8) is 0 Å². The van der Waals surface area contributed by atoms with Crippen molar-refractivity contribution in [1.29, 1.82) is 0 Å². The van der Waals surface area contributed by atoms with Gasteiger partial charge in [-0.2, -0.15) is 0 Å². The third-order valence-electron chi connectivity index (χ3n) is 6.13. The predicted molar refractivity (Wildman–Crippen MR) is 136 cm³/mol. The standard InChI is InChI=1S/C27H30N2O4.CH2O/c1-32-24-10-9-23(29-27(26(30)31)17-21-7-2-3-8-22(21)18-27)16-25(24)33-14-12-20-6-4-5-19(15-20)11-13-28;1-2/h2-10,15-16,29H,11-14,17-18,28H2,1H3,(H,30,31);1H2. The first-order chi connectivity index (χ1) is 17.0. The molecule has 0 amide bonds. The molecular formula is C28H32N2O5. The molecule has 0 heterocycles. The fourth-order valence-electron chi connectivity index (χ4n) is 4.44. The van der Waals surface area contributed by atoms with Crippen molar-refractivity contribution in [2.24, 2.45) is 5.73 Å². The van der Waals surface area contributed by atoms with Gasteiger partial charge in [0.05, 0.1) is 13.7 Å². The van der Waals surface area contributed by atoms with Crippen molar-refractivity contribution in [2.75, 3.05) is 25.6 Å². The highest BCUT2D eigenvalue weighted by atomic mass is 16.5. The minimum atomic E-state index is -1.08. The lowest BCUT2D eigenvalue weighted by Crippen LogP contribution is -2.47. The smallest absolute Gasteiger partial charge is 0.330 e. The highest BCUT2D eigenvalue weighted by molar-refractivity contribution is 5.85. The third kappa shape index (κ3) is 6.19. The summed E-state index contributed by atoms with van der Waals surface area (Å²) in [5.74, 6) is 0.322. The molecule has 7 heteroatoms. The van der Waals surface area contributed by atoms with Crippen LogP contribution in [0.15, 0.2) is 66.7 Å². The molecule has 0 aliphatic heterocycles. The van der Waals surface area contributed by atoms with Crippen molar-refractivity contribution in [3.8, 4) is 11.5 Å². The first kappa shape index (κ1) is 25.8. The second kappa shape index (κ2) is 12.0. The number of benzene rings is 3. The van der Waals surface area contributed by atoms with Crippen LogP contribution in [0.1, 0.15) is 22.3 Å². The number of nitrogens with one attached hydrogen (secondary N) is 1. The molecule has 184 valence electrons. The summed E-state index contributed by atoms with van der Waals surface area (Å²) in [5.41, 5.74) is 9.79. The summed E-state index contributed by atoms with van der Waals surface area (Å²) in [5, 5.41) is 13.3. The summed E-state index contributed by atoms with van der Waals surface area (Å²) in [7, 11) is 1.60. The SMILES string of the molecule is C=O.COc1ccc(NC2(C(=O)O)Cc3ccccc3C2)cc1OCCc1cccc(CCN)c1. The Morgan fingerprint density at radius 1 is 0.971 bits per heavy atom. The highest BCUT2D eigenvalue weighted by Gasteiger charge is 2.44. The Labute approximate surface area is 205 Å². The zero-order chi connectivity index (χ0) is 25.3. The Hall–Kier alpha value is -3.84. The van der Waals surface area contributed by atoms with Crippen LogP contribution in [0.3, 0.4) is 0 Å². The van der Waals surface area contributed by atoms with E-state index in [1.54, 1.807) is 13.2 Å². The molecule has 0 unspecified atom stereocenters. The molecule has 0 aromatic heterocycles. The highest BCUT2D eigenvalue weighted by Crippen LogP contribution is 2.36. The van der Waals surface area contributed by atoms with E-state index in [1.807, 2.05) is 49.3 Å². The van der Waals surface area contributed by atoms with Crippen LogP contribution >= 0.6 is 0 Å². The van der Waals surface area contributed by atoms with Crippen LogP contribution in [0, 0.1) is 0 Å². The van der Waals surface area contributed by atoms with Crippen molar-refractivity contribution in [3.05, 3.63) is 89.0 Å². The van der Waals surface area contributed by atoms with Crippen LogP contribution in [0.5, 0.6) is 11.5 Å². The van der Waals surface area contributed by atoms with Gasteiger partial charge in [-0.15, -0.1) is 0 Å². The van der Waals surface area contributed by atoms with E-state index in [1.165, 1.54) is 11.1 Å². The number of carboxylic acids is 1. The van der Waals surface area contributed by atoms with E-state index in [0.717, 1.165) is 24.0 Å². The van der Waals surface area contributed by atoms with E-state index in [2.05, 4.69) is 23.5 Å². The Bertz CT molecular complexity index is 1120. The van der Waals surface area contributed by atoms with Crippen LogP contribution in [-0.2, 0) is 35.3 Å². The first-order valence-electron chi connectivity index (χ1n) is 11.5. The molecular weight excluding hydrogens is 444 g/mol. The summed E-state index contributed by atoms with van der Waals surface area (Å²) in [6.45, 7) is 3.10. The number of hydrogen-bond acceptors (Lipinski definition) is 6. The number of methoxy groups -OCH3 is 1. The molecule has 0 radical (unpaired) electrons. The van der Waals surface area contributed by atoms with E-state index in [0.29, 0.717) is 43.2 Å². The zero-order valence-electron chi connectivity index (χ0n) is 20.0. The quantitative estimate of drug-likeness (QED) is 0.409. The largest absolute Gasteiger partial charge is 0.493 e. The van der Waals surface area contributed by atoms with E-state index in [4.69, 9.17) is 20.0 Å². The molecule has 0 bridgehead atoms. The number of rotatable bonds is 10. The molecule has 1 aliphatic rings. The second-order valence-corrected chi connectivity index (χ2v) is 8.46. The molecule has 3 aromatic carbocycles. The van der Waals surface area contributed by atoms with Gasteiger partial charge in [-0.05, 0) is 47.4 Å². The van der Waals surface area contributed by atoms with Gasteiger partial charge in [-0.25, -0.2) is 4.79 Å². The number of carbonyl (C=O) groups excluding carboxylic acids is 1. The molecule has 0 atom stereocenters. The summed E-state index contributed by atoms with van der Waals surface area (Å²) < 4.78 is 11.5. The van der Waals surface area contributed by atoms with Gasteiger partial charge in [0.1, 0.15) is 12.3 Å². The van der Waals surface area contributed by atoms with Gasteiger partial charge in [0, 0.05) is 31.0 Å². The van der Waals surface area contributed by atoms with Crippen LogP contribution in [-0.4, -0.2) is 43.7 Å². The molecule has 3 aromatic rings. The van der Waals surface area contributed by atoms with Gasteiger partial charge >= 0.3 is 5.97 Å². The second-order valence-electron chi connectivity index (χ2n) is 8.46. The number of ether oxygens (including phenoxy) is 2. The zero-order valence-corrected chi connectivity index (χ0v) is 20.0. The van der Waals surface area contributed by atoms with Crippen molar-refractivity contribution in [2.45, 2.75) is 31.2 Å². The molecule has 4 rings (SSSR count). The maximum atomic E-state index is 12.3. The average molecular weight is 477 g/mol. The maximum absolute atomic E-state index is 12.3. The lowest BCUT2D eigenvalue weighted by atomic mass is 9.95. The predicted octanol–water partition coefficient (Wildman–Crippen LogP) is 3.67. The van der Waals surface area contributed by atoms with E-state index < -0.39 is 11.5 Å². The number of anilines is 1. The third-order valence-corrected chi connectivity index (χ3v) is 6.13. The molecule has 7 nitrogen and oxygen atoms in total. The normalized spacial score (nSPS) is 13.2. The van der Waals surface area contributed by atoms with Gasteiger partial charge in [0.25, 0.3) is 0 Å². The molecule has 1 aliphatic carbocycles. The summed E-state index contributed by atoms with van der Waals surface area (Å²) >= 11 is 0. The first-order valence-corrected chi connectivity index (χ1v) is 11.5. The molecule has 0 saturated heterocycles. The van der Waals surface area contributed by atoms with Crippen molar-refractivity contribution in [1.82, 2.24) is 0 Å². The Kier molecular flexibility index (Phi) is 8.86. The Balaban J connectivity index is 0.00000167. The fraction of sp³-hybridized carbons (Fsp3) is 0.286. The van der Waals surface area contributed by atoms with Crippen molar-refractivity contribution < 1.29 is 24.2 Å². The molecule has 4 N–H and O–H groups in total. The monoisotopic (exact) mass is 476 g/mol. The number of nitrogens with two attached hydrogens (primary N) is 1. The minimum Gasteiger partial charge on any atom is -0.493 e. The summed E-state index contributed by atoms with van der Waals surface area (Å²) in [4.78, 5) is 20.3. The minimum absolute atomic E-state index is 0.430. The Morgan fingerprint density at radius 2 is 1.63 bits per heavy atom. The number of hydrogen-bond donors (Lipinski definition) is 3. The van der Waals surface area contributed by atoms with Crippen molar-refractivity contribution >= 4 is 18.4 Å². The lowest BCUT2D eigenvalue weighted by Gasteiger charge is -2.27. The van der Waals surface area contributed by atoms with Gasteiger partial charge in [-0.1, -0.05) is 48.5 Å². The fourth-order valence-corrected chi connectivity index (χ4v) is 4.44. The van der Waals surface area contributed by atoms with Gasteiger partial charge in [-0.3, -0.25) is 0 Å². The molecule has 0 saturated carbocycles. The lowest BCUT2D eigenvalue weighted by molar-refractivity contribution is -0.142. The average Bonchev–Trinajstić information content (AvgIpc) is 3.25. The number of aliphatic carboxylic acids is 1. The molecule has 0 spiro atoms. The van der Waals surface area contributed by atoms with Crippen LogP contribution < -0.4 is 20.5 Å². The molecule has 35 heavy (non-hydrogen) atoms. The number of carbonyl (C=O) groups is 2. The molecule has 0 fully saturated rings. The van der Waals surface area contributed by atoms with E-state index >= 15 is 0 Å². The maximum Gasteiger partial charge on any atom is 0.330 e. The van der Waals surface area contributed by atoms with Crippen LogP contribution in [0.25, 0.3) is 0 Å². The summed E-state index contributed by atoms with van der Waals surface area (Å²) in [6, 6.07) is 21.7. The van der Waals surface area contributed by atoms with Gasteiger partial charge in [0.15, 0.2) is 11.5 Å². The van der Waals surface area contributed by atoms with E-state index in [-0.39, 0.29) is 0 Å². The Morgan fingerprint density at radius 3 is 2.23 bits per heavy atom. The van der Waals surface area contributed by atoms with Gasteiger partial charge in [0.2, 0.25) is 0 Å². The number of fused-ring (bicyclic) bond motifs is 1. The summed E-state index contributed by atoms with van der Waals surface area (Å²) in [6.07, 6.45) is 2.46.